The van der Waals surface area contributed by atoms with Crippen molar-refractivity contribution in [1.82, 2.24) is 34.3 Å². The maximum absolute atomic E-state index is 13.8. The maximum atomic E-state index is 13.8. The van der Waals surface area contributed by atoms with Crippen LogP contribution < -0.4 is 5.76 Å². The van der Waals surface area contributed by atoms with Crippen molar-refractivity contribution < 1.29 is 9.32 Å². The minimum absolute atomic E-state index is 0.129. The summed E-state index contributed by atoms with van der Waals surface area (Å²) in [5, 5.41) is 9.56. The van der Waals surface area contributed by atoms with E-state index in [1.54, 1.807) is 0 Å². The maximum Gasteiger partial charge on any atom is 0.439 e. The van der Waals surface area contributed by atoms with Crippen LogP contribution in [0.25, 0.3) is 33.5 Å². The third-order valence-corrected chi connectivity index (χ3v) is 8.65. The minimum Gasteiger partial charge on any atom is -0.341 e. The molecule has 1 aromatic carbocycles. The van der Waals surface area contributed by atoms with Crippen LogP contribution in [-0.2, 0) is 18.4 Å². The van der Waals surface area contributed by atoms with E-state index in [0.29, 0.717) is 17.8 Å². The molecule has 0 unspecified atom stereocenters. The first-order chi connectivity index (χ1) is 18.9. The van der Waals surface area contributed by atoms with E-state index in [0.717, 1.165) is 66.5 Å². The van der Waals surface area contributed by atoms with Gasteiger partial charge in [-0.2, -0.15) is 5.10 Å². The lowest BCUT2D eigenvalue weighted by molar-refractivity contribution is -0.133. The van der Waals surface area contributed by atoms with Crippen molar-refractivity contribution in [2.75, 3.05) is 27.2 Å². The molecule has 1 aliphatic carbocycles. The van der Waals surface area contributed by atoms with Gasteiger partial charge in [0.2, 0.25) is 5.91 Å². The van der Waals surface area contributed by atoms with Crippen LogP contribution in [0.3, 0.4) is 0 Å². The van der Waals surface area contributed by atoms with Crippen LogP contribution in [0.4, 0.5) is 0 Å². The predicted octanol–water partition coefficient (Wildman–Crippen LogP) is 3.99. The second-order valence-corrected chi connectivity index (χ2v) is 11.3. The van der Waals surface area contributed by atoms with Gasteiger partial charge in [-0.1, -0.05) is 36.6 Å². The highest BCUT2D eigenvalue weighted by molar-refractivity contribution is 5.96. The molecule has 4 aromatic rings. The zero-order valence-corrected chi connectivity index (χ0v) is 23.0. The van der Waals surface area contributed by atoms with Gasteiger partial charge in [0.1, 0.15) is 6.54 Å². The number of amides is 1. The lowest BCUT2D eigenvalue weighted by Crippen LogP contribution is -2.45. The molecular weight excluding hydrogens is 494 g/mol. The van der Waals surface area contributed by atoms with Crippen molar-refractivity contribution in [2.45, 2.75) is 63.5 Å². The molecule has 6 rings (SSSR count). The lowest BCUT2D eigenvalue weighted by atomic mass is 9.82. The fourth-order valence-electron chi connectivity index (χ4n) is 6.57. The Morgan fingerprint density at radius 3 is 2.51 bits per heavy atom. The lowest BCUT2D eigenvalue weighted by Gasteiger charge is -2.35. The van der Waals surface area contributed by atoms with Crippen molar-refractivity contribution in [1.29, 1.82) is 0 Å². The van der Waals surface area contributed by atoms with Crippen molar-refractivity contribution in [2.24, 2.45) is 7.05 Å². The summed E-state index contributed by atoms with van der Waals surface area (Å²) in [7, 11) is 6.15. The fraction of sp³-hybridized carbons (Fsp3) is 0.517. The molecule has 1 amide bonds. The number of aromatic amines is 1. The Kier molecular flexibility index (Phi) is 6.88. The second-order valence-electron chi connectivity index (χ2n) is 11.3. The summed E-state index contributed by atoms with van der Waals surface area (Å²) in [6.07, 6.45) is 11.9. The van der Waals surface area contributed by atoms with Gasteiger partial charge in [0, 0.05) is 48.9 Å². The molecule has 1 saturated heterocycles. The second kappa shape index (κ2) is 10.5. The molecule has 3 aromatic heterocycles. The molecule has 2 aliphatic rings. The molecule has 39 heavy (non-hydrogen) atoms. The molecule has 10 nitrogen and oxygen atoms in total. The highest BCUT2D eigenvalue weighted by atomic mass is 16.5. The topological polar surface area (TPSA) is 105 Å². The number of rotatable bonds is 6. The average Bonchev–Trinajstić information content (AvgIpc) is 3.66. The highest BCUT2D eigenvalue weighted by Gasteiger charge is 2.30. The number of nitrogens with zero attached hydrogens (tertiary/aromatic N) is 6. The smallest absolute Gasteiger partial charge is 0.341 e. The van der Waals surface area contributed by atoms with E-state index in [1.807, 2.05) is 41.2 Å². The summed E-state index contributed by atoms with van der Waals surface area (Å²) in [6, 6.07) is 6.64. The molecule has 206 valence electrons. The predicted molar refractivity (Wildman–Crippen MR) is 149 cm³/mol. The first-order valence-electron chi connectivity index (χ1n) is 14.0. The molecule has 1 saturated carbocycles. The zero-order chi connectivity index (χ0) is 27.1. The van der Waals surface area contributed by atoms with E-state index in [2.05, 4.69) is 44.9 Å². The number of aryl methyl sites for hydroxylation is 1. The van der Waals surface area contributed by atoms with Crippen molar-refractivity contribution in [3.05, 3.63) is 46.7 Å². The van der Waals surface area contributed by atoms with Crippen LogP contribution in [0.5, 0.6) is 0 Å². The van der Waals surface area contributed by atoms with E-state index >= 15 is 0 Å². The number of nitrogens with one attached hydrogen (secondary N) is 1. The molecule has 1 N–H and O–H groups in total. The van der Waals surface area contributed by atoms with E-state index in [9.17, 15) is 9.59 Å². The molecule has 4 heterocycles. The van der Waals surface area contributed by atoms with Crippen LogP contribution in [0.2, 0.25) is 0 Å². The Morgan fingerprint density at radius 2 is 1.87 bits per heavy atom. The molecule has 0 atom stereocenters. The number of hydrogen-bond acceptors (Lipinski definition) is 6. The summed E-state index contributed by atoms with van der Waals surface area (Å²) < 4.78 is 8.78. The van der Waals surface area contributed by atoms with E-state index in [-0.39, 0.29) is 12.5 Å². The van der Waals surface area contributed by atoms with Crippen LogP contribution in [-0.4, -0.2) is 73.4 Å². The number of likely N-dealkylation sites (tertiary alicyclic amines) is 1. The summed E-state index contributed by atoms with van der Waals surface area (Å²) in [5.41, 5.74) is 5.11. The van der Waals surface area contributed by atoms with Crippen LogP contribution in [0.1, 0.15) is 56.4 Å². The van der Waals surface area contributed by atoms with Crippen LogP contribution in [0, 0.1) is 0 Å². The highest BCUT2D eigenvalue weighted by Crippen LogP contribution is 2.44. The number of carbonyl (C=O) groups is 1. The fourth-order valence-corrected chi connectivity index (χ4v) is 6.57. The van der Waals surface area contributed by atoms with Gasteiger partial charge in [0.25, 0.3) is 0 Å². The molecule has 10 heteroatoms. The largest absolute Gasteiger partial charge is 0.439 e. The Morgan fingerprint density at radius 1 is 1.10 bits per heavy atom. The summed E-state index contributed by atoms with van der Waals surface area (Å²) in [6.45, 7) is 1.78. The quantitative estimate of drug-likeness (QED) is 0.404. The number of aromatic nitrogens is 5. The normalized spacial score (nSPS) is 17.5. The third-order valence-electron chi connectivity index (χ3n) is 8.65. The van der Waals surface area contributed by atoms with Crippen LogP contribution >= 0.6 is 0 Å². The number of H-pyrrole nitrogens is 1. The summed E-state index contributed by atoms with van der Waals surface area (Å²) >= 11 is 0. The standard InChI is InChI=1S/C29H37N7O3/c1-33(2)22-11-13-35(14-12-22)25(37)18-36-24-15-20(28-31-29(38)39-32-28)9-10-23(24)26(19-7-5-4-6-8-19)27(36)21-16-30-34(3)17-21/h9-10,15-17,19,22H,4-8,11-14,18H2,1-3H3,(H,31,32,38). The zero-order valence-electron chi connectivity index (χ0n) is 23.0. The molecule has 1 aliphatic heterocycles. The van der Waals surface area contributed by atoms with Crippen molar-refractivity contribution >= 4 is 16.8 Å². The number of benzene rings is 1. The van der Waals surface area contributed by atoms with Crippen LogP contribution in [0.15, 0.2) is 39.9 Å². The van der Waals surface area contributed by atoms with Crippen molar-refractivity contribution in [3.8, 4) is 22.6 Å². The van der Waals surface area contributed by atoms with Gasteiger partial charge in [0.05, 0.1) is 17.4 Å². The van der Waals surface area contributed by atoms with E-state index in [4.69, 9.17) is 4.52 Å². The minimum atomic E-state index is -0.587. The van der Waals surface area contributed by atoms with Crippen molar-refractivity contribution in [3.63, 3.8) is 0 Å². The Bertz CT molecular complexity index is 1530. The Hall–Kier alpha value is -3.66. The monoisotopic (exact) mass is 531 g/mol. The van der Waals surface area contributed by atoms with Gasteiger partial charge in [0.15, 0.2) is 5.82 Å². The molecule has 2 fully saturated rings. The Balaban J connectivity index is 1.48. The number of fused-ring (bicyclic) bond motifs is 1. The van der Waals surface area contributed by atoms with E-state index in [1.165, 1.54) is 24.8 Å². The average molecular weight is 532 g/mol. The molecule has 0 bridgehead atoms. The van der Waals surface area contributed by atoms with Gasteiger partial charge in [-0.05, 0) is 57.3 Å². The third kappa shape index (κ3) is 4.93. The van der Waals surface area contributed by atoms with Gasteiger partial charge in [-0.15, -0.1) is 0 Å². The van der Waals surface area contributed by atoms with Gasteiger partial charge in [-0.3, -0.25) is 19.0 Å². The molecular formula is C29H37N7O3. The number of hydrogen-bond donors (Lipinski definition) is 1. The first kappa shape index (κ1) is 25.6. The first-order valence-corrected chi connectivity index (χ1v) is 14.0. The van der Waals surface area contributed by atoms with E-state index < -0.39 is 5.76 Å². The molecule has 0 spiro atoms. The Labute approximate surface area is 227 Å². The number of piperidine rings is 1. The van der Waals surface area contributed by atoms with Gasteiger partial charge in [-0.25, -0.2) is 4.79 Å². The van der Waals surface area contributed by atoms with Gasteiger partial charge >= 0.3 is 5.76 Å². The molecule has 0 radical (unpaired) electrons. The SMILES string of the molecule is CN(C)C1CCN(C(=O)Cn2c(-c3cnn(C)c3)c(C3CCCCC3)c3ccc(-c4noc(=O)[nH]4)cc32)CC1. The van der Waals surface area contributed by atoms with Gasteiger partial charge < -0.3 is 14.4 Å². The number of carbonyl (C=O) groups excluding carboxylic acids is 1. The summed E-state index contributed by atoms with van der Waals surface area (Å²) in [4.78, 5) is 32.4. The summed E-state index contributed by atoms with van der Waals surface area (Å²) in [5.74, 6) is 0.343.